The molecule has 1 N–H and O–H groups in total. The summed E-state index contributed by atoms with van der Waals surface area (Å²) in [5, 5.41) is 2.75. The molecule has 3 rings (SSSR count). The Kier molecular flexibility index (Phi) is 5.21. The quantitative estimate of drug-likeness (QED) is 0.749. The van der Waals surface area contributed by atoms with Crippen LogP contribution in [0.3, 0.4) is 0 Å². The summed E-state index contributed by atoms with van der Waals surface area (Å²) in [5.41, 5.74) is 2.74. The summed E-state index contributed by atoms with van der Waals surface area (Å²) in [7, 11) is 0. The van der Waals surface area contributed by atoms with Crippen molar-refractivity contribution in [2.75, 3.05) is 5.32 Å². The van der Waals surface area contributed by atoms with Gasteiger partial charge in [0.05, 0.1) is 6.20 Å². The molecule has 6 heteroatoms. The zero-order valence-corrected chi connectivity index (χ0v) is 13.4. The van der Waals surface area contributed by atoms with Crippen LogP contribution < -0.4 is 5.32 Å². The van der Waals surface area contributed by atoms with Crippen LogP contribution in [0, 0.1) is 0 Å². The molecular formula is C19H16N4O2. The number of carbonyl (C=O) groups excluding carboxylic acids is 2. The monoisotopic (exact) mass is 332 g/mol. The number of anilines is 1. The topological polar surface area (TPSA) is 84.8 Å². The van der Waals surface area contributed by atoms with Crippen molar-refractivity contribution in [3.05, 3.63) is 84.2 Å². The fraction of sp³-hybridized carbons (Fsp3) is 0.105. The highest BCUT2D eigenvalue weighted by Crippen LogP contribution is 2.12. The van der Waals surface area contributed by atoms with Gasteiger partial charge >= 0.3 is 0 Å². The lowest BCUT2D eigenvalue weighted by molar-refractivity contribution is -0.117. The Bertz CT molecular complexity index is 850. The Morgan fingerprint density at radius 2 is 1.48 bits per heavy atom. The van der Waals surface area contributed by atoms with Crippen LogP contribution in [0.4, 0.5) is 5.69 Å². The van der Waals surface area contributed by atoms with Crippen LogP contribution in [0.1, 0.15) is 21.6 Å². The lowest BCUT2D eigenvalue weighted by atomic mass is 10.0. The highest BCUT2D eigenvalue weighted by molar-refractivity contribution is 6.02. The largest absolute Gasteiger partial charge is 0.321 e. The van der Waals surface area contributed by atoms with Gasteiger partial charge in [0, 0.05) is 43.3 Å². The predicted octanol–water partition coefficient (Wildman–Crippen LogP) is 2.48. The van der Waals surface area contributed by atoms with Crippen molar-refractivity contribution in [1.29, 1.82) is 0 Å². The lowest BCUT2D eigenvalue weighted by Crippen LogP contribution is -2.13. The summed E-state index contributed by atoms with van der Waals surface area (Å²) < 4.78 is 0. The van der Waals surface area contributed by atoms with E-state index in [0.29, 0.717) is 18.5 Å². The van der Waals surface area contributed by atoms with Crippen molar-refractivity contribution in [3.8, 4) is 0 Å². The second-order valence-corrected chi connectivity index (χ2v) is 5.49. The summed E-state index contributed by atoms with van der Waals surface area (Å²) in [5.74, 6) is -0.197. The minimum atomic E-state index is -0.324. The molecule has 25 heavy (non-hydrogen) atoms. The molecule has 2 aromatic heterocycles. The van der Waals surface area contributed by atoms with Crippen LogP contribution in [0.5, 0.6) is 0 Å². The summed E-state index contributed by atoms with van der Waals surface area (Å²) >= 11 is 0. The van der Waals surface area contributed by atoms with Gasteiger partial charge in [0.15, 0.2) is 0 Å². The molecule has 1 aromatic carbocycles. The highest BCUT2D eigenvalue weighted by atomic mass is 16.2. The first-order valence-electron chi connectivity index (χ1n) is 7.77. The fourth-order valence-electron chi connectivity index (χ4n) is 2.34. The van der Waals surface area contributed by atoms with E-state index in [0.717, 1.165) is 11.1 Å². The summed E-state index contributed by atoms with van der Waals surface area (Å²) in [6, 6.07) is 10.9. The minimum Gasteiger partial charge on any atom is -0.321 e. The molecule has 0 aliphatic rings. The van der Waals surface area contributed by atoms with Crippen LogP contribution in [0.2, 0.25) is 0 Å². The molecule has 0 radical (unpaired) electrons. The number of benzene rings is 1. The number of hydrogen-bond acceptors (Lipinski definition) is 5. The summed E-state index contributed by atoms with van der Waals surface area (Å²) in [6.07, 6.45) is 8.46. The predicted molar refractivity (Wildman–Crippen MR) is 93.1 cm³/mol. The van der Waals surface area contributed by atoms with E-state index in [-0.39, 0.29) is 17.4 Å². The third kappa shape index (κ3) is 4.78. The number of Topliss-reactive ketones (excluding diaryl/α,β-unsaturated/α-hetero) is 1. The molecule has 6 nitrogen and oxygen atoms in total. The van der Waals surface area contributed by atoms with Gasteiger partial charge in [0.1, 0.15) is 11.5 Å². The van der Waals surface area contributed by atoms with Crippen molar-refractivity contribution in [2.24, 2.45) is 0 Å². The number of pyridine rings is 1. The Labute approximate surface area is 145 Å². The van der Waals surface area contributed by atoms with E-state index in [1.807, 2.05) is 24.3 Å². The van der Waals surface area contributed by atoms with E-state index >= 15 is 0 Å². The van der Waals surface area contributed by atoms with Crippen molar-refractivity contribution in [1.82, 2.24) is 15.0 Å². The number of hydrogen-bond donors (Lipinski definition) is 1. The van der Waals surface area contributed by atoms with Crippen LogP contribution in [0.25, 0.3) is 0 Å². The van der Waals surface area contributed by atoms with Crippen LogP contribution in [-0.4, -0.2) is 26.6 Å². The highest BCUT2D eigenvalue weighted by Gasteiger charge is 2.08. The maximum absolute atomic E-state index is 12.1. The van der Waals surface area contributed by atoms with Crippen molar-refractivity contribution < 1.29 is 9.59 Å². The molecule has 3 aromatic rings. The number of nitrogens with zero attached hydrogens (tertiary/aromatic N) is 3. The van der Waals surface area contributed by atoms with Crippen molar-refractivity contribution in [3.63, 3.8) is 0 Å². The van der Waals surface area contributed by atoms with E-state index < -0.39 is 0 Å². The molecular weight excluding hydrogens is 316 g/mol. The molecule has 0 saturated carbocycles. The Morgan fingerprint density at radius 3 is 2.12 bits per heavy atom. The van der Waals surface area contributed by atoms with E-state index in [2.05, 4.69) is 20.3 Å². The molecule has 124 valence electrons. The fourth-order valence-corrected chi connectivity index (χ4v) is 2.34. The molecule has 0 bridgehead atoms. The number of carbonyl (C=O) groups is 2. The standard InChI is InChI=1S/C19H16N4O2/c24-17(12-15-5-7-20-8-6-15)11-14-1-3-16(4-2-14)23-19(25)18-13-21-9-10-22-18/h1-10,13H,11-12H2,(H,23,25). The lowest BCUT2D eigenvalue weighted by Gasteiger charge is -2.06. The first-order valence-corrected chi connectivity index (χ1v) is 7.77. The van der Waals surface area contributed by atoms with Gasteiger partial charge < -0.3 is 5.32 Å². The second kappa shape index (κ2) is 7.92. The van der Waals surface area contributed by atoms with Crippen molar-refractivity contribution in [2.45, 2.75) is 12.8 Å². The van der Waals surface area contributed by atoms with Crippen LogP contribution in [0.15, 0.2) is 67.4 Å². The summed E-state index contributed by atoms with van der Waals surface area (Å²) in [6.45, 7) is 0. The third-order valence-electron chi connectivity index (χ3n) is 3.56. The van der Waals surface area contributed by atoms with E-state index in [4.69, 9.17) is 0 Å². The van der Waals surface area contributed by atoms with Gasteiger partial charge in [0.25, 0.3) is 5.91 Å². The van der Waals surface area contributed by atoms with Gasteiger partial charge in [-0.1, -0.05) is 12.1 Å². The molecule has 0 spiro atoms. The zero-order chi connectivity index (χ0) is 17.5. The Balaban J connectivity index is 1.57. The van der Waals surface area contributed by atoms with Gasteiger partial charge in [-0.15, -0.1) is 0 Å². The molecule has 0 aliphatic carbocycles. The average molecular weight is 332 g/mol. The van der Waals surface area contributed by atoms with Crippen LogP contribution in [-0.2, 0) is 17.6 Å². The van der Waals surface area contributed by atoms with E-state index in [9.17, 15) is 9.59 Å². The first kappa shape index (κ1) is 16.4. The number of nitrogens with one attached hydrogen (secondary N) is 1. The normalized spacial score (nSPS) is 10.2. The second-order valence-electron chi connectivity index (χ2n) is 5.49. The van der Waals surface area contributed by atoms with E-state index in [1.54, 1.807) is 24.5 Å². The molecule has 0 unspecified atom stereocenters. The molecule has 1 amide bonds. The maximum Gasteiger partial charge on any atom is 0.275 e. The van der Waals surface area contributed by atoms with Gasteiger partial charge in [-0.25, -0.2) is 4.98 Å². The van der Waals surface area contributed by atoms with E-state index in [1.165, 1.54) is 18.6 Å². The average Bonchev–Trinajstić information content (AvgIpc) is 2.65. The Hall–Kier alpha value is -3.41. The molecule has 0 aliphatic heterocycles. The number of rotatable bonds is 6. The van der Waals surface area contributed by atoms with Gasteiger partial charge in [-0.3, -0.25) is 19.6 Å². The number of aromatic nitrogens is 3. The third-order valence-corrected chi connectivity index (χ3v) is 3.56. The molecule has 0 atom stereocenters. The zero-order valence-electron chi connectivity index (χ0n) is 13.4. The Morgan fingerprint density at radius 1 is 0.800 bits per heavy atom. The smallest absolute Gasteiger partial charge is 0.275 e. The molecule has 0 fully saturated rings. The number of ketones is 1. The van der Waals surface area contributed by atoms with Crippen LogP contribution >= 0.6 is 0 Å². The number of amides is 1. The maximum atomic E-state index is 12.1. The van der Waals surface area contributed by atoms with Gasteiger partial charge in [-0.05, 0) is 35.4 Å². The summed E-state index contributed by atoms with van der Waals surface area (Å²) in [4.78, 5) is 35.9. The SMILES string of the molecule is O=C(Cc1ccncc1)Cc1ccc(NC(=O)c2cnccn2)cc1. The van der Waals surface area contributed by atoms with Gasteiger partial charge in [0.2, 0.25) is 0 Å². The molecule has 0 saturated heterocycles. The molecule has 2 heterocycles. The van der Waals surface area contributed by atoms with Gasteiger partial charge in [-0.2, -0.15) is 0 Å². The first-order chi connectivity index (χ1) is 12.2. The van der Waals surface area contributed by atoms with Crippen molar-refractivity contribution >= 4 is 17.4 Å². The minimum absolute atomic E-state index is 0.127.